The summed E-state index contributed by atoms with van der Waals surface area (Å²) in [6, 6.07) is 0. The van der Waals surface area contributed by atoms with Crippen LogP contribution in [0, 0.1) is 28.1 Å². The van der Waals surface area contributed by atoms with Crippen LogP contribution in [-0.4, -0.2) is 15.4 Å². The lowest BCUT2D eigenvalue weighted by Crippen LogP contribution is -2.66. The highest BCUT2D eigenvalue weighted by Crippen LogP contribution is 2.81. The molecular weight excluding hydrogens is 356 g/mol. The van der Waals surface area contributed by atoms with E-state index in [4.69, 9.17) is 0 Å². The van der Waals surface area contributed by atoms with Gasteiger partial charge in [-0.05, 0) is 41.4 Å². The molecule has 7 atom stereocenters. The molecule has 102 valence electrons. The number of alkyl halides is 2. The number of Topliss-reactive ketones (excluding diaryl/α,β-unsaturated/α-hetero) is 1. The van der Waals surface area contributed by atoms with Crippen molar-refractivity contribution in [2.24, 2.45) is 28.1 Å². The van der Waals surface area contributed by atoms with Crippen LogP contribution in [0.2, 0.25) is 0 Å². The molecule has 3 aliphatic rings. The van der Waals surface area contributed by atoms with Gasteiger partial charge in [-0.25, -0.2) is 0 Å². The van der Waals surface area contributed by atoms with E-state index in [0.29, 0.717) is 21.9 Å². The molecule has 3 aliphatic carbocycles. The standard InChI is InChI=1S/C15H22Br2O/c1-8-11(17)12(18)9(2)15-6-5-13(15,3)10(16)7-14(8,15)4/h8-11H,5-7H2,1-4H3/t8-,9-,10-,11-,13-,14+,15?/m0/s1. The zero-order valence-electron chi connectivity index (χ0n) is 11.6. The van der Waals surface area contributed by atoms with Gasteiger partial charge in [0.2, 0.25) is 0 Å². The topological polar surface area (TPSA) is 17.1 Å². The molecule has 3 rings (SSSR count). The summed E-state index contributed by atoms with van der Waals surface area (Å²) in [5.41, 5.74) is 0.836. The molecular formula is C15H22Br2O. The molecule has 1 unspecified atom stereocenters. The predicted octanol–water partition coefficient (Wildman–Crippen LogP) is 4.56. The van der Waals surface area contributed by atoms with E-state index in [-0.39, 0.29) is 21.6 Å². The van der Waals surface area contributed by atoms with E-state index >= 15 is 0 Å². The maximum Gasteiger partial charge on any atom is 0.150 e. The lowest BCUT2D eigenvalue weighted by atomic mass is 9.37. The van der Waals surface area contributed by atoms with Crippen molar-refractivity contribution in [3.63, 3.8) is 0 Å². The second-order valence-corrected chi connectivity index (χ2v) is 9.38. The average molecular weight is 378 g/mol. The Morgan fingerprint density at radius 1 is 1.11 bits per heavy atom. The van der Waals surface area contributed by atoms with Crippen molar-refractivity contribution in [1.29, 1.82) is 0 Å². The van der Waals surface area contributed by atoms with Crippen molar-refractivity contribution < 1.29 is 4.79 Å². The van der Waals surface area contributed by atoms with Crippen LogP contribution >= 0.6 is 31.9 Å². The van der Waals surface area contributed by atoms with Crippen molar-refractivity contribution in [3.8, 4) is 0 Å². The van der Waals surface area contributed by atoms with E-state index in [9.17, 15) is 4.79 Å². The number of ketones is 1. The summed E-state index contributed by atoms with van der Waals surface area (Å²) in [4.78, 5) is 13.2. The summed E-state index contributed by atoms with van der Waals surface area (Å²) in [7, 11) is 0. The summed E-state index contributed by atoms with van der Waals surface area (Å²) in [5, 5.41) is 0. The third-order valence-electron chi connectivity index (χ3n) is 7.25. The first-order chi connectivity index (χ1) is 8.22. The summed E-state index contributed by atoms with van der Waals surface area (Å²) >= 11 is 7.61. The van der Waals surface area contributed by atoms with Crippen LogP contribution < -0.4 is 0 Å². The number of halogens is 2. The summed E-state index contributed by atoms with van der Waals surface area (Å²) in [6.07, 6.45) is 3.72. The minimum Gasteiger partial charge on any atom is -0.298 e. The first kappa shape index (κ1) is 13.6. The second kappa shape index (κ2) is 3.63. The number of carbonyl (C=O) groups excluding carboxylic acids is 1. The highest BCUT2D eigenvalue weighted by molar-refractivity contribution is 9.10. The molecule has 0 aromatic carbocycles. The highest BCUT2D eigenvalue weighted by Gasteiger charge is 2.77. The molecule has 0 N–H and O–H groups in total. The maximum atomic E-state index is 12.6. The first-order valence-corrected chi connectivity index (χ1v) is 8.87. The van der Waals surface area contributed by atoms with Gasteiger partial charge in [-0.2, -0.15) is 0 Å². The minimum absolute atomic E-state index is 0.0470. The SMILES string of the molecule is C[C@H]1C(=O)[C@@H](Br)[C@H](C)[C@@]2(C)C[C@H](Br)[C@]3(C)CCC132. The second-order valence-electron chi connectivity index (χ2n) is 7.29. The summed E-state index contributed by atoms with van der Waals surface area (Å²) in [5.74, 6) is 1.07. The van der Waals surface area contributed by atoms with Crippen molar-refractivity contribution in [3.05, 3.63) is 0 Å². The normalized spacial score (nSPS) is 63.1. The molecule has 0 bridgehead atoms. The van der Waals surface area contributed by atoms with Crippen LogP contribution in [0.3, 0.4) is 0 Å². The zero-order chi connectivity index (χ0) is 13.5. The minimum atomic E-state index is 0.0470. The fourth-order valence-corrected chi connectivity index (χ4v) is 8.08. The smallest absolute Gasteiger partial charge is 0.150 e. The van der Waals surface area contributed by atoms with Crippen molar-refractivity contribution in [2.45, 2.75) is 56.6 Å². The van der Waals surface area contributed by atoms with Gasteiger partial charge < -0.3 is 0 Å². The van der Waals surface area contributed by atoms with E-state index in [1.165, 1.54) is 19.3 Å². The molecule has 0 aliphatic heterocycles. The van der Waals surface area contributed by atoms with E-state index in [1.54, 1.807) is 0 Å². The van der Waals surface area contributed by atoms with Crippen LogP contribution in [-0.2, 0) is 4.79 Å². The molecule has 0 aromatic rings. The van der Waals surface area contributed by atoms with Gasteiger partial charge in [-0.3, -0.25) is 4.79 Å². The van der Waals surface area contributed by atoms with Gasteiger partial charge in [0, 0.05) is 10.7 Å². The fourth-order valence-electron chi connectivity index (χ4n) is 5.79. The summed E-state index contributed by atoms with van der Waals surface area (Å²) in [6.45, 7) is 9.30. The summed E-state index contributed by atoms with van der Waals surface area (Å²) < 4.78 is 0. The Morgan fingerprint density at radius 2 is 1.72 bits per heavy atom. The van der Waals surface area contributed by atoms with Gasteiger partial charge in [0.15, 0.2) is 0 Å². The van der Waals surface area contributed by atoms with Crippen LogP contribution in [0.25, 0.3) is 0 Å². The lowest BCUT2D eigenvalue weighted by Gasteiger charge is -2.67. The third-order valence-corrected chi connectivity index (χ3v) is 9.83. The fraction of sp³-hybridized carbons (Fsp3) is 0.933. The number of hydrogen-bond acceptors (Lipinski definition) is 1. The average Bonchev–Trinajstić information content (AvgIpc) is 2.42. The Balaban J connectivity index is 2.18. The van der Waals surface area contributed by atoms with Gasteiger partial charge in [-0.15, -0.1) is 0 Å². The van der Waals surface area contributed by atoms with E-state index < -0.39 is 0 Å². The van der Waals surface area contributed by atoms with Crippen LogP contribution in [0.15, 0.2) is 0 Å². The van der Waals surface area contributed by atoms with Crippen LogP contribution in [0.5, 0.6) is 0 Å². The molecule has 3 heteroatoms. The van der Waals surface area contributed by atoms with Crippen molar-refractivity contribution in [1.82, 2.24) is 0 Å². The van der Waals surface area contributed by atoms with Gasteiger partial charge in [0.25, 0.3) is 0 Å². The zero-order valence-corrected chi connectivity index (χ0v) is 14.8. The molecule has 0 saturated heterocycles. The molecule has 0 heterocycles. The lowest BCUT2D eigenvalue weighted by molar-refractivity contribution is -0.189. The molecule has 0 amide bonds. The Bertz CT molecular complexity index is 423. The Hall–Kier alpha value is 0.630. The first-order valence-electron chi connectivity index (χ1n) is 7.04. The number of carbonyl (C=O) groups is 1. The number of hydrogen-bond donors (Lipinski definition) is 0. The highest BCUT2D eigenvalue weighted by atomic mass is 79.9. The Kier molecular flexibility index (Phi) is 2.75. The molecule has 0 aromatic heterocycles. The largest absolute Gasteiger partial charge is 0.298 e. The molecule has 0 radical (unpaired) electrons. The molecule has 3 fully saturated rings. The maximum absolute atomic E-state index is 12.6. The number of rotatable bonds is 0. The van der Waals surface area contributed by atoms with Crippen LogP contribution in [0.1, 0.15) is 47.0 Å². The molecule has 1 nitrogen and oxygen atoms in total. The third kappa shape index (κ3) is 1.11. The van der Waals surface area contributed by atoms with Gasteiger partial charge >= 0.3 is 0 Å². The van der Waals surface area contributed by atoms with Gasteiger partial charge in [-0.1, -0.05) is 59.6 Å². The van der Waals surface area contributed by atoms with Gasteiger partial charge in [0.1, 0.15) is 5.78 Å². The predicted molar refractivity (Wildman–Crippen MR) is 81.3 cm³/mol. The van der Waals surface area contributed by atoms with Crippen molar-refractivity contribution >= 4 is 37.6 Å². The molecule has 1 spiro atoms. The van der Waals surface area contributed by atoms with Crippen LogP contribution in [0.4, 0.5) is 0 Å². The molecule has 18 heavy (non-hydrogen) atoms. The Labute approximate surface area is 127 Å². The van der Waals surface area contributed by atoms with Crippen molar-refractivity contribution in [2.75, 3.05) is 0 Å². The quantitative estimate of drug-likeness (QED) is 0.565. The van der Waals surface area contributed by atoms with E-state index in [2.05, 4.69) is 59.6 Å². The molecule has 3 saturated carbocycles. The van der Waals surface area contributed by atoms with E-state index in [0.717, 1.165) is 0 Å². The van der Waals surface area contributed by atoms with Gasteiger partial charge in [0.05, 0.1) is 4.83 Å². The Morgan fingerprint density at radius 3 is 2.22 bits per heavy atom. The monoisotopic (exact) mass is 376 g/mol. The van der Waals surface area contributed by atoms with E-state index in [1.807, 2.05) is 0 Å².